The fraction of sp³-hybridized carbons (Fsp3) is 0.625. The van der Waals surface area contributed by atoms with Gasteiger partial charge in [-0.3, -0.25) is 4.90 Å². The third kappa shape index (κ3) is 5.48. The molecule has 1 atom stereocenters. The van der Waals surface area contributed by atoms with E-state index in [1.165, 1.54) is 0 Å². The van der Waals surface area contributed by atoms with Gasteiger partial charge in [0.15, 0.2) is 0 Å². The highest BCUT2D eigenvalue weighted by atomic mass is 35.5. The Balaban J connectivity index is 0.00000264. The molecule has 2 nitrogen and oxygen atoms in total. The van der Waals surface area contributed by atoms with Crippen LogP contribution in [0, 0.1) is 11.2 Å². The molecule has 0 aromatic heterocycles. The first-order chi connectivity index (χ1) is 10.1. The van der Waals surface area contributed by atoms with Crippen LogP contribution in [0.2, 0.25) is 0 Å². The lowest BCUT2D eigenvalue weighted by atomic mass is 9.80. The van der Waals surface area contributed by atoms with Gasteiger partial charge < -0.3 is 5.32 Å². The predicted octanol–water partition coefficient (Wildman–Crippen LogP) is 4.68. The standard InChI is InChI=1S/C16H22F4N2.2ClH/c1-15(2,3)14(22-8-6-21-7-9-22)12-10-11(16(18,19)20)4-5-13(12)17;;/h4-5,10,14,21H,6-9H2,1-3H3;2*1H/t14-;;/m1../s1. The van der Waals surface area contributed by atoms with Crippen molar-refractivity contribution in [1.29, 1.82) is 0 Å². The smallest absolute Gasteiger partial charge is 0.314 e. The van der Waals surface area contributed by atoms with Crippen LogP contribution in [0.4, 0.5) is 17.6 Å². The summed E-state index contributed by atoms with van der Waals surface area (Å²) in [7, 11) is 0. The van der Waals surface area contributed by atoms with E-state index in [1.54, 1.807) is 0 Å². The van der Waals surface area contributed by atoms with Gasteiger partial charge in [-0.1, -0.05) is 20.8 Å². The molecule has 1 N–H and O–H groups in total. The van der Waals surface area contributed by atoms with Crippen LogP contribution in [-0.2, 0) is 6.18 Å². The number of nitrogens with one attached hydrogen (secondary N) is 1. The molecule has 1 aromatic rings. The Morgan fingerprint density at radius 2 is 1.58 bits per heavy atom. The number of hydrogen-bond acceptors (Lipinski definition) is 2. The third-order valence-corrected chi connectivity index (χ3v) is 3.95. The van der Waals surface area contributed by atoms with Gasteiger partial charge in [-0.05, 0) is 23.6 Å². The van der Waals surface area contributed by atoms with E-state index in [2.05, 4.69) is 10.2 Å². The molecule has 2 rings (SSSR count). The molecule has 0 unspecified atom stereocenters. The molecule has 1 heterocycles. The van der Waals surface area contributed by atoms with Crippen molar-refractivity contribution in [2.24, 2.45) is 5.41 Å². The van der Waals surface area contributed by atoms with E-state index in [-0.39, 0.29) is 35.8 Å². The molecule has 1 saturated heterocycles. The van der Waals surface area contributed by atoms with Crippen LogP contribution < -0.4 is 5.32 Å². The van der Waals surface area contributed by atoms with Crippen LogP contribution in [0.15, 0.2) is 18.2 Å². The van der Waals surface area contributed by atoms with Gasteiger partial charge in [0.2, 0.25) is 0 Å². The Morgan fingerprint density at radius 3 is 2.04 bits per heavy atom. The van der Waals surface area contributed by atoms with E-state index in [1.807, 2.05) is 20.8 Å². The highest BCUT2D eigenvalue weighted by Gasteiger charge is 2.37. The first-order valence-electron chi connectivity index (χ1n) is 7.42. The van der Waals surface area contributed by atoms with Crippen LogP contribution in [-0.4, -0.2) is 31.1 Å². The number of hydrogen-bond donors (Lipinski definition) is 1. The molecule has 0 radical (unpaired) electrons. The van der Waals surface area contributed by atoms with E-state index >= 15 is 0 Å². The fourth-order valence-corrected chi connectivity index (χ4v) is 3.08. The van der Waals surface area contributed by atoms with E-state index in [9.17, 15) is 17.6 Å². The number of halogens is 6. The summed E-state index contributed by atoms with van der Waals surface area (Å²) in [5.41, 5.74) is -1.04. The van der Waals surface area contributed by atoms with Crippen LogP contribution >= 0.6 is 24.8 Å². The Hall–Kier alpha value is -0.560. The largest absolute Gasteiger partial charge is 0.416 e. The average molecular weight is 391 g/mol. The summed E-state index contributed by atoms with van der Waals surface area (Å²) in [5.74, 6) is -0.577. The minimum absolute atomic E-state index is 0. The summed E-state index contributed by atoms with van der Waals surface area (Å²) in [6.07, 6.45) is -4.46. The quantitative estimate of drug-likeness (QED) is 0.737. The number of alkyl halides is 3. The molecule has 1 fully saturated rings. The highest BCUT2D eigenvalue weighted by Crippen LogP contribution is 2.41. The molecule has 0 bridgehead atoms. The summed E-state index contributed by atoms with van der Waals surface area (Å²) in [4.78, 5) is 2.06. The summed E-state index contributed by atoms with van der Waals surface area (Å²) in [6.45, 7) is 8.69. The van der Waals surface area contributed by atoms with Crippen molar-refractivity contribution < 1.29 is 17.6 Å². The number of rotatable bonds is 2. The summed E-state index contributed by atoms with van der Waals surface area (Å²) < 4.78 is 53.2. The van der Waals surface area contributed by atoms with E-state index in [4.69, 9.17) is 0 Å². The molecule has 0 amide bonds. The lowest BCUT2D eigenvalue weighted by molar-refractivity contribution is -0.137. The second-order valence-corrected chi connectivity index (χ2v) is 6.79. The second kappa shape index (κ2) is 8.70. The predicted molar refractivity (Wildman–Crippen MR) is 92.5 cm³/mol. The summed E-state index contributed by atoms with van der Waals surface area (Å²) in [6, 6.07) is 2.31. The molecule has 0 aliphatic carbocycles. The lowest BCUT2D eigenvalue weighted by Crippen LogP contribution is -2.48. The van der Waals surface area contributed by atoms with Crippen LogP contribution in [0.25, 0.3) is 0 Å². The molecule has 0 spiro atoms. The Bertz CT molecular complexity index is 524. The average Bonchev–Trinajstić information content (AvgIpc) is 2.39. The topological polar surface area (TPSA) is 15.3 Å². The molecule has 1 aliphatic rings. The molecular weight excluding hydrogens is 367 g/mol. The van der Waals surface area contributed by atoms with Crippen molar-refractivity contribution in [2.75, 3.05) is 26.2 Å². The lowest BCUT2D eigenvalue weighted by Gasteiger charge is -2.42. The van der Waals surface area contributed by atoms with Crippen LogP contribution in [0.3, 0.4) is 0 Å². The molecule has 8 heteroatoms. The van der Waals surface area contributed by atoms with Gasteiger partial charge in [-0.25, -0.2) is 4.39 Å². The van der Waals surface area contributed by atoms with Crippen molar-refractivity contribution in [3.8, 4) is 0 Å². The number of piperazine rings is 1. The third-order valence-electron chi connectivity index (χ3n) is 3.95. The van der Waals surface area contributed by atoms with Gasteiger partial charge in [-0.2, -0.15) is 13.2 Å². The number of nitrogens with zero attached hydrogens (tertiary/aromatic N) is 1. The SMILES string of the molecule is CC(C)(C)[C@@H](c1cc(C(F)(F)F)ccc1F)N1CCNCC1.Cl.Cl. The second-order valence-electron chi connectivity index (χ2n) is 6.79. The zero-order valence-corrected chi connectivity index (χ0v) is 15.5. The van der Waals surface area contributed by atoms with Crippen LogP contribution in [0.5, 0.6) is 0 Å². The van der Waals surface area contributed by atoms with E-state index in [0.29, 0.717) is 13.1 Å². The Morgan fingerprint density at radius 1 is 1.04 bits per heavy atom. The zero-order valence-electron chi connectivity index (χ0n) is 13.9. The minimum atomic E-state index is -4.46. The molecule has 24 heavy (non-hydrogen) atoms. The fourth-order valence-electron chi connectivity index (χ4n) is 3.08. The van der Waals surface area contributed by atoms with Crippen molar-refractivity contribution in [2.45, 2.75) is 33.0 Å². The maximum atomic E-state index is 14.3. The molecule has 0 saturated carbocycles. The maximum Gasteiger partial charge on any atom is 0.416 e. The van der Waals surface area contributed by atoms with E-state index < -0.39 is 23.6 Å². The number of benzene rings is 1. The summed E-state index contributed by atoms with van der Waals surface area (Å²) >= 11 is 0. The van der Waals surface area contributed by atoms with Gasteiger partial charge in [0.25, 0.3) is 0 Å². The minimum Gasteiger partial charge on any atom is -0.314 e. The Labute approximate surface area is 152 Å². The van der Waals surface area contributed by atoms with Gasteiger partial charge in [0.1, 0.15) is 5.82 Å². The first kappa shape index (κ1) is 23.4. The van der Waals surface area contributed by atoms with Crippen LogP contribution in [0.1, 0.15) is 37.9 Å². The first-order valence-corrected chi connectivity index (χ1v) is 7.42. The van der Waals surface area contributed by atoms with Crippen molar-refractivity contribution >= 4 is 24.8 Å². The molecule has 1 aliphatic heterocycles. The van der Waals surface area contributed by atoms with Gasteiger partial charge in [0, 0.05) is 37.8 Å². The zero-order chi connectivity index (χ0) is 16.5. The van der Waals surface area contributed by atoms with Gasteiger partial charge in [-0.15, -0.1) is 24.8 Å². The highest BCUT2D eigenvalue weighted by molar-refractivity contribution is 5.85. The van der Waals surface area contributed by atoms with Gasteiger partial charge >= 0.3 is 6.18 Å². The molecular formula is C16H24Cl2F4N2. The van der Waals surface area contributed by atoms with Crippen molar-refractivity contribution in [1.82, 2.24) is 10.2 Å². The van der Waals surface area contributed by atoms with Gasteiger partial charge in [0.05, 0.1) is 5.56 Å². The normalized spacial score (nSPS) is 17.6. The van der Waals surface area contributed by atoms with Crippen molar-refractivity contribution in [3.05, 3.63) is 35.1 Å². The molecule has 1 aromatic carbocycles. The Kier molecular flexibility index (Phi) is 8.49. The van der Waals surface area contributed by atoms with Crippen molar-refractivity contribution in [3.63, 3.8) is 0 Å². The van der Waals surface area contributed by atoms with E-state index in [0.717, 1.165) is 31.3 Å². The maximum absolute atomic E-state index is 14.3. The summed E-state index contributed by atoms with van der Waals surface area (Å²) in [5, 5.41) is 3.21. The monoisotopic (exact) mass is 390 g/mol. The molecule has 140 valence electrons.